The van der Waals surface area contributed by atoms with Crippen molar-refractivity contribution in [1.29, 1.82) is 5.26 Å². The van der Waals surface area contributed by atoms with Crippen LogP contribution >= 0.6 is 0 Å². The molecule has 1 amide bonds. The first-order chi connectivity index (χ1) is 13.6. The van der Waals surface area contributed by atoms with Gasteiger partial charge in [0, 0.05) is 42.3 Å². The molecular weight excluding hydrogens is 361 g/mol. The number of imidazole rings is 1. The second-order valence-corrected chi connectivity index (χ2v) is 6.55. The zero-order chi connectivity index (χ0) is 19.7. The molecule has 0 spiro atoms. The van der Waals surface area contributed by atoms with E-state index in [1.165, 1.54) is 12.3 Å². The van der Waals surface area contributed by atoms with E-state index in [-0.39, 0.29) is 16.8 Å². The molecule has 0 saturated carbocycles. The number of fused-ring (bicyclic) bond motifs is 1. The van der Waals surface area contributed by atoms with Gasteiger partial charge < -0.3 is 15.0 Å². The SMILES string of the molecule is Cc1c(F)cc(C#N)cc1NC(=O)c1cnc2cc(N3CCOCC3)ccn12. The van der Waals surface area contributed by atoms with Crippen LogP contribution in [-0.4, -0.2) is 41.6 Å². The van der Waals surface area contributed by atoms with Gasteiger partial charge in [-0.2, -0.15) is 5.26 Å². The molecule has 1 fully saturated rings. The summed E-state index contributed by atoms with van der Waals surface area (Å²) < 4.78 is 21.0. The van der Waals surface area contributed by atoms with Gasteiger partial charge in [0.25, 0.3) is 5.91 Å². The van der Waals surface area contributed by atoms with Crippen LogP contribution in [0.3, 0.4) is 0 Å². The van der Waals surface area contributed by atoms with Crippen LogP contribution in [0.25, 0.3) is 5.65 Å². The molecule has 1 aliphatic heterocycles. The van der Waals surface area contributed by atoms with Gasteiger partial charge in [0.2, 0.25) is 0 Å². The molecule has 3 heterocycles. The molecule has 8 heteroatoms. The van der Waals surface area contributed by atoms with Crippen molar-refractivity contribution in [2.75, 3.05) is 36.5 Å². The monoisotopic (exact) mass is 379 g/mol. The Balaban J connectivity index is 1.62. The summed E-state index contributed by atoms with van der Waals surface area (Å²) in [6, 6.07) is 8.34. The third-order valence-corrected chi connectivity index (χ3v) is 4.83. The van der Waals surface area contributed by atoms with Gasteiger partial charge in [-0.15, -0.1) is 0 Å². The summed E-state index contributed by atoms with van der Waals surface area (Å²) in [5.41, 5.74) is 2.67. The number of hydrogen-bond donors (Lipinski definition) is 1. The van der Waals surface area contributed by atoms with E-state index in [0.29, 0.717) is 24.6 Å². The number of aromatic nitrogens is 2. The third-order valence-electron chi connectivity index (χ3n) is 4.83. The highest BCUT2D eigenvalue weighted by molar-refractivity contribution is 6.04. The molecule has 1 N–H and O–H groups in total. The number of anilines is 2. The maximum Gasteiger partial charge on any atom is 0.274 e. The summed E-state index contributed by atoms with van der Waals surface area (Å²) in [4.78, 5) is 19.3. The maximum atomic E-state index is 14.0. The van der Waals surface area contributed by atoms with Crippen molar-refractivity contribution >= 4 is 22.9 Å². The van der Waals surface area contributed by atoms with Gasteiger partial charge in [-0.3, -0.25) is 9.20 Å². The van der Waals surface area contributed by atoms with E-state index < -0.39 is 11.7 Å². The lowest BCUT2D eigenvalue weighted by atomic mass is 10.1. The number of nitrogens with one attached hydrogen (secondary N) is 1. The molecule has 1 aliphatic rings. The van der Waals surface area contributed by atoms with Crippen LogP contribution in [0.15, 0.2) is 36.7 Å². The van der Waals surface area contributed by atoms with E-state index in [4.69, 9.17) is 10.00 Å². The van der Waals surface area contributed by atoms with E-state index in [1.54, 1.807) is 17.5 Å². The van der Waals surface area contributed by atoms with Crippen molar-refractivity contribution in [3.63, 3.8) is 0 Å². The average Bonchev–Trinajstić information content (AvgIpc) is 3.15. The number of ether oxygens (including phenoxy) is 1. The number of amides is 1. The second-order valence-electron chi connectivity index (χ2n) is 6.55. The predicted molar refractivity (Wildman–Crippen MR) is 102 cm³/mol. The van der Waals surface area contributed by atoms with E-state index in [1.807, 2.05) is 18.2 Å². The average molecular weight is 379 g/mol. The molecule has 0 unspecified atom stereocenters. The number of carbonyl (C=O) groups is 1. The molecule has 1 saturated heterocycles. The lowest BCUT2D eigenvalue weighted by Gasteiger charge is -2.28. The van der Waals surface area contributed by atoms with Crippen molar-refractivity contribution in [2.24, 2.45) is 0 Å². The molecule has 0 bridgehead atoms. The number of pyridine rings is 1. The Kier molecular flexibility index (Phi) is 4.67. The minimum Gasteiger partial charge on any atom is -0.378 e. The van der Waals surface area contributed by atoms with Gasteiger partial charge in [-0.05, 0) is 25.1 Å². The lowest BCUT2D eigenvalue weighted by Crippen LogP contribution is -2.36. The normalized spacial score (nSPS) is 14.1. The minimum absolute atomic E-state index is 0.145. The van der Waals surface area contributed by atoms with Crippen molar-refractivity contribution in [3.8, 4) is 6.07 Å². The number of rotatable bonds is 3. The number of benzene rings is 1. The fourth-order valence-electron chi connectivity index (χ4n) is 3.22. The van der Waals surface area contributed by atoms with Crippen molar-refractivity contribution in [3.05, 3.63) is 59.3 Å². The molecule has 2 aromatic heterocycles. The van der Waals surface area contributed by atoms with E-state index in [0.717, 1.165) is 24.8 Å². The maximum absolute atomic E-state index is 14.0. The number of morpholine rings is 1. The molecule has 4 rings (SSSR count). The Morgan fingerprint density at radius 3 is 2.86 bits per heavy atom. The summed E-state index contributed by atoms with van der Waals surface area (Å²) in [7, 11) is 0. The van der Waals surface area contributed by atoms with Gasteiger partial charge in [0.05, 0.1) is 31.0 Å². The second kappa shape index (κ2) is 7.29. The topological polar surface area (TPSA) is 82.7 Å². The number of halogens is 1. The van der Waals surface area contributed by atoms with Crippen LogP contribution in [0.1, 0.15) is 21.6 Å². The van der Waals surface area contributed by atoms with Crippen LogP contribution in [0, 0.1) is 24.1 Å². The predicted octanol–water partition coefficient (Wildman–Crippen LogP) is 2.74. The van der Waals surface area contributed by atoms with E-state index in [2.05, 4.69) is 15.2 Å². The summed E-state index contributed by atoms with van der Waals surface area (Å²) in [5, 5.41) is 11.7. The van der Waals surface area contributed by atoms with Crippen LogP contribution in [0.2, 0.25) is 0 Å². The van der Waals surface area contributed by atoms with Crippen molar-refractivity contribution < 1.29 is 13.9 Å². The molecule has 28 heavy (non-hydrogen) atoms. The standard InChI is InChI=1S/C20H18FN5O2/c1-13-16(21)8-14(11-22)9-17(13)24-20(27)18-12-23-19-10-15(2-3-26(18)19)25-4-6-28-7-5-25/h2-3,8-10,12H,4-7H2,1H3,(H,24,27). The molecule has 3 aromatic rings. The highest BCUT2D eigenvalue weighted by atomic mass is 19.1. The molecule has 7 nitrogen and oxygen atoms in total. The smallest absolute Gasteiger partial charge is 0.274 e. The molecule has 142 valence electrons. The first kappa shape index (κ1) is 17.9. The van der Waals surface area contributed by atoms with Gasteiger partial charge in [-0.1, -0.05) is 0 Å². The fourth-order valence-corrected chi connectivity index (χ4v) is 3.22. The quantitative estimate of drug-likeness (QED) is 0.757. The number of hydrogen-bond acceptors (Lipinski definition) is 5. The zero-order valence-corrected chi connectivity index (χ0v) is 15.3. The van der Waals surface area contributed by atoms with Crippen molar-refractivity contribution in [1.82, 2.24) is 9.38 Å². The number of nitrogens with zero attached hydrogens (tertiary/aromatic N) is 4. The molecular formula is C20H18FN5O2. The van der Waals surface area contributed by atoms with Gasteiger partial charge >= 0.3 is 0 Å². The molecule has 0 radical (unpaired) electrons. The van der Waals surface area contributed by atoms with Gasteiger partial charge in [0.1, 0.15) is 17.2 Å². The van der Waals surface area contributed by atoms with Crippen LogP contribution in [0.5, 0.6) is 0 Å². The Hall–Kier alpha value is -3.44. The van der Waals surface area contributed by atoms with Crippen LogP contribution in [0.4, 0.5) is 15.8 Å². The van der Waals surface area contributed by atoms with Crippen molar-refractivity contribution in [2.45, 2.75) is 6.92 Å². The van der Waals surface area contributed by atoms with E-state index in [9.17, 15) is 9.18 Å². The highest BCUT2D eigenvalue weighted by Crippen LogP contribution is 2.22. The summed E-state index contributed by atoms with van der Waals surface area (Å²) >= 11 is 0. The van der Waals surface area contributed by atoms with Crippen LogP contribution < -0.4 is 10.2 Å². The summed E-state index contributed by atoms with van der Waals surface area (Å²) in [6.07, 6.45) is 3.27. The Morgan fingerprint density at radius 2 is 2.11 bits per heavy atom. The molecule has 0 aliphatic carbocycles. The minimum atomic E-state index is -0.539. The highest BCUT2D eigenvalue weighted by Gasteiger charge is 2.17. The number of carbonyl (C=O) groups excluding carboxylic acids is 1. The zero-order valence-electron chi connectivity index (χ0n) is 15.3. The third kappa shape index (κ3) is 3.28. The van der Waals surface area contributed by atoms with Gasteiger partial charge in [-0.25, -0.2) is 9.37 Å². The first-order valence-electron chi connectivity index (χ1n) is 8.88. The van der Waals surface area contributed by atoms with E-state index >= 15 is 0 Å². The summed E-state index contributed by atoms with van der Waals surface area (Å²) in [6.45, 7) is 4.54. The Bertz CT molecular complexity index is 1100. The fraction of sp³-hybridized carbons (Fsp3) is 0.250. The molecule has 0 atom stereocenters. The summed E-state index contributed by atoms with van der Waals surface area (Å²) in [5.74, 6) is -0.966. The van der Waals surface area contributed by atoms with Gasteiger partial charge in [0.15, 0.2) is 0 Å². The first-order valence-corrected chi connectivity index (χ1v) is 8.88. The van der Waals surface area contributed by atoms with Crippen LogP contribution in [-0.2, 0) is 4.74 Å². The lowest BCUT2D eigenvalue weighted by molar-refractivity contribution is 0.102. The Morgan fingerprint density at radius 1 is 1.32 bits per heavy atom. The molecule has 1 aromatic carbocycles. The largest absolute Gasteiger partial charge is 0.378 e. The number of nitriles is 1. The Labute approximate surface area is 161 Å².